The van der Waals surface area contributed by atoms with Crippen LogP contribution in [-0.4, -0.2) is 92.2 Å². The van der Waals surface area contributed by atoms with Crippen LogP contribution in [0.2, 0.25) is 0 Å². The van der Waals surface area contributed by atoms with Crippen LogP contribution in [0.25, 0.3) is 17.1 Å². The molecule has 1 aromatic heterocycles. The summed E-state index contributed by atoms with van der Waals surface area (Å²) in [5.74, 6) is -0.359. The number of carbonyl (C=O) groups excluding carboxylic acids is 1. The largest absolute Gasteiger partial charge is 0.507 e. The van der Waals surface area contributed by atoms with Gasteiger partial charge in [0.2, 0.25) is 0 Å². The highest BCUT2D eigenvalue weighted by molar-refractivity contribution is 5.98. The Morgan fingerprint density at radius 3 is 2.42 bits per heavy atom. The molecule has 1 saturated heterocycles. The number of amides is 1. The number of nitrogens with one attached hydrogen (secondary N) is 1. The Morgan fingerprint density at radius 1 is 0.975 bits per heavy atom. The maximum atomic E-state index is 13.2. The summed E-state index contributed by atoms with van der Waals surface area (Å²) in [6, 6.07) is 18.5. The molecule has 1 amide bonds. The number of carbonyl (C=O) groups is 1. The molecule has 2 heterocycles. The number of phenolic OH excluding ortho intramolecular Hbond substituents is 2. The standard InChI is InChI=1S/C29H32N6O5/c1-33(19-20-5-3-2-4-6-20)28(38)24-17-23(25(36)18-26(24)37)27-31-32-29(39)35(27)21-7-9-22(10-8-21)40-16-15-34-13-11-30-12-14-34/h2-10,17-18,30,36-37H,11-16,19H2,1H3,(H,32,39). The minimum Gasteiger partial charge on any atom is -0.507 e. The average Bonchev–Trinajstić information content (AvgIpc) is 3.35. The van der Waals surface area contributed by atoms with Gasteiger partial charge in [0.05, 0.1) is 16.8 Å². The maximum Gasteiger partial charge on any atom is 0.319 e. The number of phenols is 2. The summed E-state index contributed by atoms with van der Waals surface area (Å²) < 4.78 is 7.24. The van der Waals surface area contributed by atoms with Crippen LogP contribution in [0.4, 0.5) is 0 Å². The summed E-state index contributed by atoms with van der Waals surface area (Å²) >= 11 is 0. The fourth-order valence-corrected chi connectivity index (χ4v) is 4.67. The van der Waals surface area contributed by atoms with Gasteiger partial charge in [0, 0.05) is 52.4 Å². The van der Waals surface area contributed by atoms with E-state index in [9.17, 15) is 20.1 Å². The molecule has 0 aliphatic carbocycles. The third-order valence-electron chi connectivity index (χ3n) is 6.82. The van der Waals surface area contributed by atoms with Gasteiger partial charge in [0.25, 0.3) is 5.91 Å². The summed E-state index contributed by atoms with van der Waals surface area (Å²) in [5, 5.41) is 42.9. The van der Waals surface area contributed by atoms with E-state index >= 15 is 0 Å². The van der Waals surface area contributed by atoms with Gasteiger partial charge >= 0.3 is 6.01 Å². The highest BCUT2D eigenvalue weighted by atomic mass is 16.5. The molecule has 1 aliphatic heterocycles. The Balaban J connectivity index is 1.35. The van der Waals surface area contributed by atoms with Gasteiger partial charge in [-0.1, -0.05) is 35.4 Å². The van der Waals surface area contributed by atoms with Gasteiger partial charge in [-0.2, -0.15) is 0 Å². The van der Waals surface area contributed by atoms with Crippen LogP contribution in [0.3, 0.4) is 0 Å². The second-order valence-electron chi connectivity index (χ2n) is 9.63. The molecule has 4 aromatic rings. The summed E-state index contributed by atoms with van der Waals surface area (Å²) in [4.78, 5) is 17.0. The lowest BCUT2D eigenvalue weighted by Crippen LogP contribution is -2.44. The molecular formula is C29H32N6O5. The molecule has 208 valence electrons. The highest BCUT2D eigenvalue weighted by Crippen LogP contribution is 2.37. The second-order valence-corrected chi connectivity index (χ2v) is 9.63. The fraction of sp³-hybridized carbons (Fsp3) is 0.276. The normalized spacial score (nSPS) is 13.7. The lowest BCUT2D eigenvalue weighted by Gasteiger charge is -2.26. The number of nitrogens with zero attached hydrogens (tertiary/aromatic N) is 5. The van der Waals surface area contributed by atoms with Gasteiger partial charge in [-0.25, -0.2) is 4.57 Å². The van der Waals surface area contributed by atoms with E-state index in [1.165, 1.54) is 15.5 Å². The topological polar surface area (TPSA) is 136 Å². The van der Waals surface area contributed by atoms with Crippen LogP contribution in [0, 0.1) is 0 Å². The van der Waals surface area contributed by atoms with E-state index in [-0.39, 0.29) is 28.5 Å². The summed E-state index contributed by atoms with van der Waals surface area (Å²) in [6.07, 6.45) is 0. The number of aromatic hydroxyl groups is 3. The number of aromatic nitrogens is 3. The third kappa shape index (κ3) is 6.00. The molecule has 11 nitrogen and oxygen atoms in total. The van der Waals surface area contributed by atoms with Crippen LogP contribution in [0.5, 0.6) is 23.3 Å². The Morgan fingerprint density at radius 2 is 1.70 bits per heavy atom. The second kappa shape index (κ2) is 12.1. The van der Waals surface area contributed by atoms with Gasteiger partial charge in [-0.15, -0.1) is 5.10 Å². The van der Waals surface area contributed by atoms with Gasteiger partial charge in [0.1, 0.15) is 23.9 Å². The number of piperazine rings is 1. The average molecular weight is 545 g/mol. The summed E-state index contributed by atoms with van der Waals surface area (Å²) in [7, 11) is 1.63. The minimum atomic E-state index is -0.444. The van der Waals surface area contributed by atoms with Crippen molar-refractivity contribution in [3.63, 3.8) is 0 Å². The molecule has 4 N–H and O–H groups in total. The molecule has 0 saturated carbocycles. The first kappa shape index (κ1) is 27.0. The Hall–Kier alpha value is -4.61. The number of benzene rings is 3. The number of rotatable bonds is 9. The van der Waals surface area contributed by atoms with Gasteiger partial charge in [0.15, 0.2) is 5.82 Å². The molecule has 1 aliphatic rings. The van der Waals surface area contributed by atoms with E-state index in [4.69, 9.17) is 4.74 Å². The molecule has 5 rings (SSSR count). The van der Waals surface area contributed by atoms with Crippen molar-refractivity contribution >= 4 is 5.91 Å². The van der Waals surface area contributed by atoms with Crippen LogP contribution in [0.15, 0.2) is 66.7 Å². The molecule has 0 unspecified atom stereocenters. The highest BCUT2D eigenvalue weighted by Gasteiger charge is 2.24. The molecular weight excluding hydrogens is 512 g/mol. The van der Waals surface area contributed by atoms with Crippen molar-refractivity contribution in [2.24, 2.45) is 0 Å². The van der Waals surface area contributed by atoms with Crippen LogP contribution < -0.4 is 10.1 Å². The Kier molecular flexibility index (Phi) is 8.13. The SMILES string of the molecule is CN(Cc1ccccc1)C(=O)c1cc(-c2nnc(O)n2-c2ccc(OCCN3CCNCC3)cc2)c(O)cc1O. The molecule has 11 heteroatoms. The lowest BCUT2D eigenvalue weighted by atomic mass is 10.1. The third-order valence-corrected chi connectivity index (χ3v) is 6.82. The maximum absolute atomic E-state index is 13.2. The molecule has 0 spiro atoms. The monoisotopic (exact) mass is 544 g/mol. The first-order chi connectivity index (χ1) is 19.4. The number of ether oxygens (including phenoxy) is 1. The zero-order valence-electron chi connectivity index (χ0n) is 22.2. The van der Waals surface area contributed by atoms with E-state index in [1.54, 1.807) is 31.3 Å². The Labute approximate surface area is 231 Å². The van der Waals surface area contributed by atoms with Crippen LogP contribution >= 0.6 is 0 Å². The predicted molar refractivity (Wildman–Crippen MR) is 149 cm³/mol. The van der Waals surface area contributed by atoms with E-state index in [2.05, 4.69) is 20.4 Å². The Bertz CT molecular complexity index is 1450. The van der Waals surface area contributed by atoms with E-state index in [0.717, 1.165) is 44.4 Å². The van der Waals surface area contributed by atoms with E-state index in [1.807, 2.05) is 30.3 Å². The lowest BCUT2D eigenvalue weighted by molar-refractivity contribution is 0.0782. The van der Waals surface area contributed by atoms with Crippen molar-refractivity contribution in [1.82, 2.24) is 29.9 Å². The fourth-order valence-electron chi connectivity index (χ4n) is 4.67. The molecule has 40 heavy (non-hydrogen) atoms. The molecule has 0 atom stereocenters. The van der Waals surface area contributed by atoms with Crippen molar-refractivity contribution in [3.05, 3.63) is 77.9 Å². The number of hydrogen-bond donors (Lipinski definition) is 4. The van der Waals surface area contributed by atoms with Crippen molar-refractivity contribution in [2.45, 2.75) is 6.54 Å². The van der Waals surface area contributed by atoms with Crippen molar-refractivity contribution in [2.75, 3.05) is 46.4 Å². The zero-order chi connectivity index (χ0) is 28.1. The van der Waals surface area contributed by atoms with Gasteiger partial charge < -0.3 is 30.3 Å². The first-order valence-corrected chi connectivity index (χ1v) is 13.1. The molecule has 1 fully saturated rings. The van der Waals surface area contributed by atoms with E-state index < -0.39 is 11.9 Å². The van der Waals surface area contributed by atoms with E-state index in [0.29, 0.717) is 24.6 Å². The quantitative estimate of drug-likeness (QED) is 0.251. The smallest absolute Gasteiger partial charge is 0.319 e. The number of hydrogen-bond acceptors (Lipinski definition) is 9. The molecule has 0 bridgehead atoms. The summed E-state index contributed by atoms with van der Waals surface area (Å²) in [6.45, 7) is 5.68. The first-order valence-electron chi connectivity index (χ1n) is 13.1. The predicted octanol–water partition coefficient (Wildman–Crippen LogP) is 2.61. The molecule has 3 aromatic carbocycles. The van der Waals surface area contributed by atoms with Crippen LogP contribution in [-0.2, 0) is 6.54 Å². The van der Waals surface area contributed by atoms with Crippen molar-refractivity contribution < 1.29 is 24.9 Å². The summed E-state index contributed by atoms with van der Waals surface area (Å²) in [5.41, 5.74) is 1.55. The minimum absolute atomic E-state index is 0.0199. The van der Waals surface area contributed by atoms with Crippen molar-refractivity contribution in [1.29, 1.82) is 0 Å². The van der Waals surface area contributed by atoms with Crippen LogP contribution in [0.1, 0.15) is 15.9 Å². The van der Waals surface area contributed by atoms with Crippen molar-refractivity contribution in [3.8, 4) is 40.3 Å². The molecule has 0 radical (unpaired) electrons. The zero-order valence-corrected chi connectivity index (χ0v) is 22.2. The van der Waals surface area contributed by atoms with Gasteiger partial charge in [-0.3, -0.25) is 9.69 Å². The van der Waals surface area contributed by atoms with Gasteiger partial charge in [-0.05, 0) is 35.9 Å².